The molecule has 2 aliphatic heterocycles. The van der Waals surface area contributed by atoms with Gasteiger partial charge in [0.2, 0.25) is 0 Å². The zero-order chi connectivity index (χ0) is 21.5. The van der Waals surface area contributed by atoms with E-state index < -0.39 is 36.4 Å². The van der Waals surface area contributed by atoms with E-state index in [0.29, 0.717) is 11.1 Å². The summed E-state index contributed by atoms with van der Waals surface area (Å²) in [6.45, 7) is 4.03. The highest BCUT2D eigenvalue weighted by Gasteiger charge is 2.57. The minimum absolute atomic E-state index is 0.444. The Hall–Kier alpha value is -3.44. The van der Waals surface area contributed by atoms with Crippen molar-refractivity contribution >= 4 is 11.9 Å². The van der Waals surface area contributed by atoms with Crippen LogP contribution in [0.5, 0.6) is 0 Å². The van der Waals surface area contributed by atoms with Crippen LogP contribution in [0.4, 0.5) is 0 Å². The lowest BCUT2D eigenvalue weighted by Crippen LogP contribution is -2.39. The molecule has 0 radical (unpaired) electrons. The highest BCUT2D eigenvalue weighted by Crippen LogP contribution is 2.55. The molecule has 0 saturated carbocycles. The molecule has 2 aliphatic rings. The van der Waals surface area contributed by atoms with E-state index in [1.165, 1.54) is 0 Å². The number of ether oxygens (including phenoxy) is 3. The lowest BCUT2D eigenvalue weighted by atomic mass is 9.82. The van der Waals surface area contributed by atoms with Crippen molar-refractivity contribution in [2.24, 2.45) is 0 Å². The van der Waals surface area contributed by atoms with Crippen molar-refractivity contribution < 1.29 is 23.8 Å². The minimum atomic E-state index is -0.724. The Kier molecular flexibility index (Phi) is 4.83. The molecule has 1 fully saturated rings. The first-order valence-corrected chi connectivity index (χ1v) is 10.3. The van der Waals surface area contributed by atoms with E-state index in [1.54, 1.807) is 48.5 Å². The Balaban J connectivity index is 1.50. The number of fused-ring (bicyclic) bond motifs is 5. The average Bonchev–Trinajstić information content (AvgIpc) is 3.35. The van der Waals surface area contributed by atoms with Gasteiger partial charge in [0.1, 0.15) is 12.2 Å². The molecule has 156 valence electrons. The lowest BCUT2D eigenvalue weighted by molar-refractivity contribution is -0.0349. The number of carbonyl (C=O) groups is 2. The molecule has 4 atom stereocenters. The maximum atomic E-state index is 12.8. The van der Waals surface area contributed by atoms with Crippen LogP contribution in [0.3, 0.4) is 0 Å². The maximum absolute atomic E-state index is 12.8. The summed E-state index contributed by atoms with van der Waals surface area (Å²) in [5.74, 6) is -0.927. The summed E-state index contributed by atoms with van der Waals surface area (Å²) in [6, 6.07) is 21.7. The summed E-state index contributed by atoms with van der Waals surface area (Å²) in [7, 11) is 0. The molecule has 2 heterocycles. The second kappa shape index (κ2) is 7.67. The molecule has 0 aromatic heterocycles. The molecule has 3 aromatic carbocycles. The number of hydrogen-bond acceptors (Lipinski definition) is 5. The summed E-state index contributed by atoms with van der Waals surface area (Å²) in [6.07, 6.45) is -2.39. The predicted octanol–water partition coefficient (Wildman–Crippen LogP) is 4.88. The number of hydrogen-bond donors (Lipinski definition) is 0. The Morgan fingerprint density at radius 2 is 1.03 bits per heavy atom. The number of aryl methyl sites for hydroxylation is 2. The molecule has 5 rings (SSSR count). The monoisotopic (exact) mass is 414 g/mol. The van der Waals surface area contributed by atoms with Crippen molar-refractivity contribution in [3.8, 4) is 0 Å². The van der Waals surface area contributed by atoms with E-state index in [0.717, 1.165) is 22.3 Å². The fraction of sp³-hybridized carbons (Fsp3) is 0.231. The summed E-state index contributed by atoms with van der Waals surface area (Å²) in [5.41, 5.74) is 5.09. The van der Waals surface area contributed by atoms with E-state index in [2.05, 4.69) is 0 Å². The SMILES string of the molecule is Cc1ccc(C)c2c1C1OC2C(OC(=O)c2ccccc2)C1OC(=O)c1ccccc1. The maximum Gasteiger partial charge on any atom is 0.338 e. The van der Waals surface area contributed by atoms with Gasteiger partial charge >= 0.3 is 11.9 Å². The number of rotatable bonds is 4. The first-order chi connectivity index (χ1) is 15.0. The van der Waals surface area contributed by atoms with E-state index in [9.17, 15) is 9.59 Å². The molecule has 2 bridgehead atoms. The van der Waals surface area contributed by atoms with E-state index >= 15 is 0 Å². The molecule has 0 spiro atoms. The molecule has 1 saturated heterocycles. The lowest BCUT2D eigenvalue weighted by Gasteiger charge is -2.30. The standard InChI is InChI=1S/C26H22O5/c1-15-13-14-16(2)20-19(15)21-23(30-25(27)17-9-5-3-6-10-17)24(22(20)29-21)31-26(28)18-11-7-4-8-12-18/h3-14,21-24H,1-2H3. The third-order valence-corrected chi connectivity index (χ3v) is 6.01. The molecule has 3 aromatic rings. The minimum Gasteiger partial charge on any atom is -0.452 e. The van der Waals surface area contributed by atoms with Crippen molar-refractivity contribution in [2.45, 2.75) is 38.3 Å². The molecule has 5 heteroatoms. The zero-order valence-electron chi connectivity index (χ0n) is 17.3. The predicted molar refractivity (Wildman–Crippen MR) is 114 cm³/mol. The molecule has 0 N–H and O–H groups in total. The van der Waals surface area contributed by atoms with Crippen LogP contribution in [0, 0.1) is 13.8 Å². The third kappa shape index (κ3) is 3.31. The average molecular weight is 414 g/mol. The number of benzene rings is 3. The highest BCUT2D eigenvalue weighted by molar-refractivity contribution is 5.90. The normalized spacial score (nSPS) is 23.3. The second-order valence-electron chi connectivity index (χ2n) is 7.98. The van der Waals surface area contributed by atoms with Gasteiger partial charge < -0.3 is 14.2 Å². The van der Waals surface area contributed by atoms with Gasteiger partial charge in [0.25, 0.3) is 0 Å². The largest absolute Gasteiger partial charge is 0.452 e. The fourth-order valence-corrected chi connectivity index (χ4v) is 4.52. The van der Waals surface area contributed by atoms with Crippen molar-refractivity contribution in [1.29, 1.82) is 0 Å². The molecular weight excluding hydrogens is 392 g/mol. The van der Waals surface area contributed by atoms with Crippen molar-refractivity contribution in [2.75, 3.05) is 0 Å². The highest BCUT2D eigenvalue weighted by atomic mass is 16.6. The first-order valence-electron chi connectivity index (χ1n) is 10.3. The van der Waals surface area contributed by atoms with Crippen molar-refractivity contribution in [1.82, 2.24) is 0 Å². The van der Waals surface area contributed by atoms with E-state index in [4.69, 9.17) is 14.2 Å². The van der Waals surface area contributed by atoms with Gasteiger partial charge in [-0.3, -0.25) is 0 Å². The summed E-state index contributed by atoms with van der Waals surface area (Å²) in [5, 5.41) is 0. The zero-order valence-corrected chi connectivity index (χ0v) is 17.3. The van der Waals surface area contributed by atoms with Crippen LogP contribution in [0.25, 0.3) is 0 Å². The third-order valence-electron chi connectivity index (χ3n) is 6.01. The number of esters is 2. The van der Waals surface area contributed by atoms with Crippen LogP contribution in [0.2, 0.25) is 0 Å². The molecule has 0 amide bonds. The summed E-state index contributed by atoms with van der Waals surface area (Å²) in [4.78, 5) is 25.6. The Bertz CT molecular complexity index is 1050. The van der Waals surface area contributed by atoms with Crippen LogP contribution >= 0.6 is 0 Å². The molecule has 31 heavy (non-hydrogen) atoms. The van der Waals surface area contributed by atoms with Crippen LogP contribution in [-0.4, -0.2) is 24.1 Å². The number of carbonyl (C=O) groups excluding carboxylic acids is 2. The Morgan fingerprint density at radius 1 is 0.645 bits per heavy atom. The van der Waals surface area contributed by atoms with Crippen LogP contribution in [0.1, 0.15) is 55.2 Å². The van der Waals surface area contributed by atoms with Gasteiger partial charge in [-0.1, -0.05) is 48.5 Å². The van der Waals surface area contributed by atoms with Gasteiger partial charge in [-0.05, 0) is 60.4 Å². The van der Waals surface area contributed by atoms with Crippen LogP contribution in [0.15, 0.2) is 72.8 Å². The van der Waals surface area contributed by atoms with Gasteiger partial charge in [0, 0.05) is 0 Å². The molecule has 0 aliphatic carbocycles. The van der Waals surface area contributed by atoms with Gasteiger partial charge in [-0.2, -0.15) is 0 Å². The topological polar surface area (TPSA) is 61.8 Å². The van der Waals surface area contributed by atoms with Gasteiger partial charge in [-0.15, -0.1) is 0 Å². The van der Waals surface area contributed by atoms with Gasteiger partial charge in [0.15, 0.2) is 12.2 Å². The van der Waals surface area contributed by atoms with E-state index in [-0.39, 0.29) is 0 Å². The Morgan fingerprint density at radius 3 is 1.42 bits per heavy atom. The van der Waals surface area contributed by atoms with Crippen molar-refractivity contribution in [3.63, 3.8) is 0 Å². The molecule has 4 unspecified atom stereocenters. The Labute approximate surface area is 180 Å². The van der Waals surface area contributed by atoms with Gasteiger partial charge in [0.05, 0.1) is 11.1 Å². The summed E-state index contributed by atoms with van der Waals surface area (Å²) >= 11 is 0. The van der Waals surface area contributed by atoms with Gasteiger partial charge in [-0.25, -0.2) is 9.59 Å². The first kappa shape index (κ1) is 19.5. The summed E-state index contributed by atoms with van der Waals surface area (Å²) < 4.78 is 18.0. The van der Waals surface area contributed by atoms with Crippen LogP contribution in [-0.2, 0) is 14.2 Å². The fourth-order valence-electron chi connectivity index (χ4n) is 4.52. The smallest absolute Gasteiger partial charge is 0.338 e. The molecular formula is C26H22O5. The van der Waals surface area contributed by atoms with E-state index in [1.807, 2.05) is 38.1 Å². The van der Waals surface area contributed by atoms with Crippen molar-refractivity contribution in [3.05, 3.63) is 106 Å². The second-order valence-corrected chi connectivity index (χ2v) is 7.98. The quantitative estimate of drug-likeness (QED) is 0.570. The van der Waals surface area contributed by atoms with Crippen LogP contribution < -0.4 is 0 Å². The molecule has 5 nitrogen and oxygen atoms in total.